The first-order chi connectivity index (χ1) is 12.4. The van der Waals surface area contributed by atoms with E-state index in [0.29, 0.717) is 35.7 Å². The summed E-state index contributed by atoms with van der Waals surface area (Å²) in [5, 5.41) is 3.39. The molecule has 3 unspecified atom stereocenters. The molecule has 1 amide bonds. The van der Waals surface area contributed by atoms with Crippen molar-refractivity contribution in [2.45, 2.75) is 45.6 Å². The van der Waals surface area contributed by atoms with Crippen LogP contribution >= 0.6 is 24.8 Å². The summed E-state index contributed by atoms with van der Waals surface area (Å²) in [6.07, 6.45) is 3.30. The molecule has 9 heteroatoms. The Bertz CT molecular complexity index is 939. The first-order valence-electron chi connectivity index (χ1n) is 9.45. The number of carbonyl (C=O) groups excluding carboxylic acids is 1. The second-order valence-electron chi connectivity index (χ2n) is 7.96. The highest BCUT2D eigenvalue weighted by Gasteiger charge is 2.42. The molecule has 0 aromatic carbocycles. The lowest BCUT2D eigenvalue weighted by atomic mass is 9.98. The fraction of sp³-hybridized carbons (Fsp3) is 0.632. The number of rotatable bonds is 3. The van der Waals surface area contributed by atoms with Crippen molar-refractivity contribution >= 4 is 41.8 Å². The van der Waals surface area contributed by atoms with Crippen molar-refractivity contribution in [1.82, 2.24) is 19.7 Å². The van der Waals surface area contributed by atoms with E-state index in [-0.39, 0.29) is 42.3 Å². The van der Waals surface area contributed by atoms with Crippen LogP contribution in [0, 0.1) is 25.7 Å². The lowest BCUT2D eigenvalue weighted by molar-refractivity contribution is -0.130. The smallest absolute Gasteiger partial charge is 0.273 e. The van der Waals surface area contributed by atoms with Crippen LogP contribution in [0.4, 0.5) is 0 Å². The number of nitrogens with zero attached hydrogens (tertiary/aromatic N) is 3. The van der Waals surface area contributed by atoms with E-state index in [1.54, 1.807) is 11.7 Å². The maximum absolute atomic E-state index is 12.7. The summed E-state index contributed by atoms with van der Waals surface area (Å²) < 4.78 is 1.65. The number of aromatic nitrogens is 3. The molecule has 0 radical (unpaired) electrons. The number of aromatic amines is 1. The Balaban J connectivity index is 0.00000140. The predicted molar refractivity (Wildman–Crippen MR) is 114 cm³/mol. The van der Waals surface area contributed by atoms with E-state index < -0.39 is 0 Å². The van der Waals surface area contributed by atoms with Gasteiger partial charge >= 0.3 is 0 Å². The average Bonchev–Trinajstić information content (AvgIpc) is 3.23. The monoisotopic (exact) mass is 429 g/mol. The summed E-state index contributed by atoms with van der Waals surface area (Å²) in [4.78, 5) is 31.4. The van der Waals surface area contributed by atoms with Gasteiger partial charge in [-0.3, -0.25) is 19.4 Å². The zero-order valence-corrected chi connectivity index (χ0v) is 18.2. The zero-order chi connectivity index (χ0) is 18.6. The summed E-state index contributed by atoms with van der Waals surface area (Å²) in [5.41, 5.74) is 9.55. The molecule has 3 N–H and O–H groups in total. The molecule has 0 bridgehead atoms. The number of hydrogen-bond donors (Lipinski definition) is 2. The van der Waals surface area contributed by atoms with Crippen LogP contribution in [-0.2, 0) is 18.3 Å². The topological polar surface area (TPSA) is 97.0 Å². The number of H-pyrrole nitrogens is 1. The second-order valence-corrected chi connectivity index (χ2v) is 7.96. The summed E-state index contributed by atoms with van der Waals surface area (Å²) >= 11 is 0. The Hall–Kier alpha value is -1.57. The van der Waals surface area contributed by atoms with Gasteiger partial charge in [0.05, 0.1) is 5.39 Å². The number of nitrogens with one attached hydrogen (secondary N) is 1. The molecular weight excluding hydrogens is 401 g/mol. The van der Waals surface area contributed by atoms with Gasteiger partial charge in [0.2, 0.25) is 5.91 Å². The molecular formula is C19H29Cl2N5O2. The minimum absolute atomic E-state index is 0. The Kier molecular flexibility index (Phi) is 6.84. The molecule has 3 heterocycles. The molecule has 2 aromatic rings. The highest BCUT2D eigenvalue weighted by atomic mass is 35.5. The van der Waals surface area contributed by atoms with Gasteiger partial charge in [0, 0.05) is 38.3 Å². The molecule has 1 aliphatic carbocycles. The van der Waals surface area contributed by atoms with Crippen LogP contribution < -0.4 is 11.3 Å². The third-order valence-corrected chi connectivity index (χ3v) is 6.43. The molecule has 2 aliphatic rings. The van der Waals surface area contributed by atoms with E-state index in [0.717, 1.165) is 42.8 Å². The van der Waals surface area contributed by atoms with E-state index in [1.807, 2.05) is 18.7 Å². The fourth-order valence-corrected chi connectivity index (χ4v) is 4.92. The quantitative estimate of drug-likeness (QED) is 0.777. The average molecular weight is 430 g/mol. The van der Waals surface area contributed by atoms with Crippen molar-refractivity contribution in [2.24, 2.45) is 24.6 Å². The Morgan fingerprint density at radius 3 is 2.64 bits per heavy atom. The van der Waals surface area contributed by atoms with Gasteiger partial charge in [-0.2, -0.15) is 0 Å². The Morgan fingerprint density at radius 1 is 1.25 bits per heavy atom. The number of likely N-dealkylation sites (tertiary alicyclic amines) is 1. The number of hydrogen-bond acceptors (Lipinski definition) is 4. The Labute approximate surface area is 176 Å². The van der Waals surface area contributed by atoms with Crippen molar-refractivity contribution in [2.75, 3.05) is 13.1 Å². The van der Waals surface area contributed by atoms with Gasteiger partial charge in [0.15, 0.2) is 5.65 Å². The van der Waals surface area contributed by atoms with Crippen LogP contribution in [0.5, 0.6) is 0 Å². The first kappa shape index (κ1) is 22.7. The molecule has 0 spiro atoms. The molecule has 4 rings (SSSR count). The molecule has 1 aliphatic heterocycles. The number of pyridine rings is 1. The molecule has 28 heavy (non-hydrogen) atoms. The first-order valence-corrected chi connectivity index (χ1v) is 9.45. The number of aryl methyl sites for hydroxylation is 3. The lowest BCUT2D eigenvalue weighted by Crippen LogP contribution is -2.33. The number of fused-ring (bicyclic) bond motifs is 2. The van der Waals surface area contributed by atoms with Crippen molar-refractivity contribution < 1.29 is 4.79 Å². The molecule has 2 aromatic heterocycles. The van der Waals surface area contributed by atoms with Gasteiger partial charge in [0.1, 0.15) is 0 Å². The summed E-state index contributed by atoms with van der Waals surface area (Å²) in [5.74, 6) is 1.24. The van der Waals surface area contributed by atoms with Gasteiger partial charge in [-0.15, -0.1) is 24.8 Å². The number of amides is 1. The van der Waals surface area contributed by atoms with Crippen molar-refractivity contribution in [3.05, 3.63) is 27.2 Å². The summed E-state index contributed by atoms with van der Waals surface area (Å²) in [6, 6.07) is 0.249. The molecule has 2 fully saturated rings. The van der Waals surface area contributed by atoms with E-state index in [2.05, 4.69) is 10.1 Å². The van der Waals surface area contributed by atoms with Gasteiger partial charge in [-0.05, 0) is 56.1 Å². The number of halogens is 2. The number of nitrogens with two attached hydrogens (primary N) is 1. The van der Waals surface area contributed by atoms with Gasteiger partial charge in [-0.1, -0.05) is 0 Å². The maximum Gasteiger partial charge on any atom is 0.273 e. The molecule has 156 valence electrons. The molecule has 7 nitrogen and oxygen atoms in total. The lowest BCUT2D eigenvalue weighted by Gasteiger charge is -2.19. The third-order valence-electron chi connectivity index (χ3n) is 6.43. The largest absolute Gasteiger partial charge is 0.342 e. The SMILES string of the molecule is Cc1nc2c(c(C)c1CCC(=O)N1CC3CCC(N)C3C1)c(=O)[nH]n2C.Cl.Cl. The van der Waals surface area contributed by atoms with Gasteiger partial charge in [-0.25, -0.2) is 4.98 Å². The minimum atomic E-state index is -0.124. The van der Waals surface area contributed by atoms with Crippen molar-refractivity contribution in [1.29, 1.82) is 0 Å². The summed E-state index contributed by atoms with van der Waals surface area (Å²) in [6.45, 7) is 5.55. The summed E-state index contributed by atoms with van der Waals surface area (Å²) in [7, 11) is 1.79. The fourth-order valence-electron chi connectivity index (χ4n) is 4.92. The maximum atomic E-state index is 12.7. The van der Waals surface area contributed by atoms with Crippen LogP contribution in [0.1, 0.15) is 36.1 Å². The molecule has 1 saturated heterocycles. The van der Waals surface area contributed by atoms with Crippen LogP contribution in [-0.4, -0.2) is 44.7 Å². The van der Waals surface area contributed by atoms with E-state index in [9.17, 15) is 9.59 Å². The van der Waals surface area contributed by atoms with Gasteiger partial charge < -0.3 is 10.6 Å². The van der Waals surface area contributed by atoms with Crippen molar-refractivity contribution in [3.63, 3.8) is 0 Å². The van der Waals surface area contributed by atoms with Crippen molar-refractivity contribution in [3.8, 4) is 0 Å². The third kappa shape index (κ3) is 3.67. The highest BCUT2D eigenvalue weighted by molar-refractivity contribution is 5.85. The minimum Gasteiger partial charge on any atom is -0.342 e. The Morgan fingerprint density at radius 2 is 1.96 bits per heavy atom. The van der Waals surface area contributed by atoms with E-state index in [1.165, 1.54) is 0 Å². The van der Waals surface area contributed by atoms with E-state index in [4.69, 9.17) is 5.73 Å². The number of carbonyl (C=O) groups is 1. The van der Waals surface area contributed by atoms with Crippen LogP contribution in [0.2, 0.25) is 0 Å². The second kappa shape index (κ2) is 8.43. The van der Waals surface area contributed by atoms with E-state index >= 15 is 0 Å². The van der Waals surface area contributed by atoms with Gasteiger partial charge in [0.25, 0.3) is 5.56 Å². The molecule has 1 saturated carbocycles. The zero-order valence-electron chi connectivity index (χ0n) is 16.5. The van der Waals surface area contributed by atoms with Crippen LogP contribution in [0.25, 0.3) is 11.0 Å². The van der Waals surface area contributed by atoms with Crippen LogP contribution in [0.15, 0.2) is 4.79 Å². The molecule has 3 atom stereocenters. The normalized spacial score (nSPS) is 23.4. The highest BCUT2D eigenvalue weighted by Crippen LogP contribution is 2.37. The predicted octanol–water partition coefficient (Wildman–Crippen LogP) is 1.85. The van der Waals surface area contributed by atoms with Crippen LogP contribution in [0.3, 0.4) is 0 Å². The standard InChI is InChI=1S/C19H27N5O2.2ClH/c1-10-13(11(2)21-18-17(10)19(26)22-23(18)3)5-7-16(25)24-8-12-4-6-15(20)14(12)9-24;;/h12,14-15H,4-9,20H2,1-3H3,(H,22,26);2*1H.